The molecule has 0 aliphatic carbocycles. The van der Waals surface area contributed by atoms with Gasteiger partial charge in [0.2, 0.25) is 0 Å². The number of benzene rings is 2. The van der Waals surface area contributed by atoms with Gasteiger partial charge >= 0.3 is 0 Å². The average Bonchev–Trinajstić information content (AvgIpc) is 2.64. The molecule has 2 aromatic carbocycles. The number of allylic oxidation sites excluding steroid dienone is 1. The molecule has 0 fully saturated rings. The predicted octanol–water partition coefficient (Wildman–Crippen LogP) is 7.46. The second-order valence-electron chi connectivity index (χ2n) is 6.49. The normalized spacial score (nSPS) is 11.3. The van der Waals surface area contributed by atoms with Gasteiger partial charge in [0.05, 0.1) is 0 Å². The Hall–Kier alpha value is -1.82. The van der Waals surface area contributed by atoms with Gasteiger partial charge in [-0.2, -0.15) is 0 Å². The summed E-state index contributed by atoms with van der Waals surface area (Å²) in [7, 11) is 0. The number of aryl methyl sites for hydroxylation is 2. The molecule has 24 heavy (non-hydrogen) atoms. The van der Waals surface area contributed by atoms with Crippen LogP contribution >= 0.6 is 0 Å². The van der Waals surface area contributed by atoms with Crippen molar-refractivity contribution in [1.82, 2.24) is 0 Å². The van der Waals surface area contributed by atoms with Crippen LogP contribution in [0.2, 0.25) is 0 Å². The highest BCUT2D eigenvalue weighted by molar-refractivity contribution is 5.79. The molecular formula is C24H32. The van der Waals surface area contributed by atoms with Gasteiger partial charge in [0.1, 0.15) is 0 Å². The zero-order valence-corrected chi connectivity index (χ0v) is 15.6. The fraction of sp³-hybridized carbons (Fsp3) is 0.417. The highest BCUT2D eigenvalue weighted by Gasteiger charge is 2.09. The maximum atomic E-state index is 2.38. The maximum Gasteiger partial charge on any atom is -0.0106 e. The summed E-state index contributed by atoms with van der Waals surface area (Å²) in [5.74, 6) is 0. The van der Waals surface area contributed by atoms with E-state index in [1.807, 2.05) is 0 Å². The molecule has 0 atom stereocenters. The van der Waals surface area contributed by atoms with Gasteiger partial charge in [-0.1, -0.05) is 94.7 Å². The Morgan fingerprint density at radius 3 is 2.17 bits per heavy atom. The van der Waals surface area contributed by atoms with E-state index in [0.29, 0.717) is 0 Å². The Bertz CT molecular complexity index is 649. The molecule has 128 valence electrons. The molecule has 2 aromatic rings. The largest absolute Gasteiger partial charge is 0.0839 e. The molecule has 0 bridgehead atoms. The Balaban J connectivity index is 2.30. The minimum absolute atomic E-state index is 1.08. The van der Waals surface area contributed by atoms with Crippen LogP contribution < -0.4 is 0 Å². The Morgan fingerprint density at radius 1 is 0.708 bits per heavy atom. The van der Waals surface area contributed by atoms with Crippen LogP contribution in [0.15, 0.2) is 48.5 Å². The van der Waals surface area contributed by atoms with Gasteiger partial charge in [-0.3, -0.25) is 0 Å². The first kappa shape index (κ1) is 18.5. The van der Waals surface area contributed by atoms with Crippen LogP contribution in [0.4, 0.5) is 0 Å². The SMILES string of the molecule is CCCCCC/C=C/c1c(CC)cccc1-c1ccccc1CC. The summed E-state index contributed by atoms with van der Waals surface area (Å²) in [6, 6.07) is 15.6. The van der Waals surface area contributed by atoms with Crippen LogP contribution in [-0.2, 0) is 12.8 Å². The van der Waals surface area contributed by atoms with Crippen molar-refractivity contribution in [3.05, 3.63) is 65.2 Å². The summed E-state index contributed by atoms with van der Waals surface area (Å²) >= 11 is 0. The third-order valence-electron chi connectivity index (χ3n) is 4.77. The van der Waals surface area contributed by atoms with Crippen molar-refractivity contribution in [2.24, 2.45) is 0 Å². The molecule has 0 aliphatic rings. The van der Waals surface area contributed by atoms with E-state index in [9.17, 15) is 0 Å². The third kappa shape index (κ3) is 4.84. The Labute approximate surface area is 148 Å². The van der Waals surface area contributed by atoms with Crippen LogP contribution in [-0.4, -0.2) is 0 Å². The van der Waals surface area contributed by atoms with Crippen LogP contribution in [0.3, 0.4) is 0 Å². The fourth-order valence-corrected chi connectivity index (χ4v) is 3.33. The van der Waals surface area contributed by atoms with Crippen molar-refractivity contribution in [3.63, 3.8) is 0 Å². The molecule has 0 saturated heterocycles. The van der Waals surface area contributed by atoms with E-state index in [2.05, 4.69) is 75.4 Å². The van der Waals surface area contributed by atoms with E-state index in [1.165, 1.54) is 59.9 Å². The van der Waals surface area contributed by atoms with Crippen molar-refractivity contribution in [1.29, 1.82) is 0 Å². The molecule has 0 N–H and O–H groups in total. The van der Waals surface area contributed by atoms with E-state index in [4.69, 9.17) is 0 Å². The smallest absolute Gasteiger partial charge is 0.0106 e. The molecule has 0 unspecified atom stereocenters. The second kappa shape index (κ2) is 10.1. The lowest BCUT2D eigenvalue weighted by Crippen LogP contribution is -1.94. The summed E-state index contributed by atoms with van der Waals surface area (Å²) in [5, 5.41) is 0. The van der Waals surface area contributed by atoms with E-state index in [-0.39, 0.29) is 0 Å². The highest BCUT2D eigenvalue weighted by atomic mass is 14.1. The van der Waals surface area contributed by atoms with E-state index < -0.39 is 0 Å². The second-order valence-corrected chi connectivity index (χ2v) is 6.49. The van der Waals surface area contributed by atoms with Crippen molar-refractivity contribution in [3.8, 4) is 11.1 Å². The van der Waals surface area contributed by atoms with Gasteiger partial charge < -0.3 is 0 Å². The van der Waals surface area contributed by atoms with Crippen LogP contribution in [0, 0.1) is 0 Å². The van der Waals surface area contributed by atoms with Gasteiger partial charge in [-0.15, -0.1) is 0 Å². The molecule has 0 radical (unpaired) electrons. The van der Waals surface area contributed by atoms with Gasteiger partial charge in [0, 0.05) is 0 Å². The van der Waals surface area contributed by atoms with E-state index >= 15 is 0 Å². The zero-order chi connectivity index (χ0) is 17.2. The summed E-state index contributed by atoms with van der Waals surface area (Å²) in [4.78, 5) is 0. The number of rotatable bonds is 9. The molecule has 0 saturated carbocycles. The van der Waals surface area contributed by atoms with Gasteiger partial charge in [-0.25, -0.2) is 0 Å². The summed E-state index contributed by atoms with van der Waals surface area (Å²) < 4.78 is 0. The summed E-state index contributed by atoms with van der Waals surface area (Å²) in [5.41, 5.74) is 7.07. The van der Waals surface area contributed by atoms with E-state index in [1.54, 1.807) is 0 Å². The monoisotopic (exact) mass is 320 g/mol. The molecular weight excluding hydrogens is 288 g/mol. The van der Waals surface area contributed by atoms with Crippen LogP contribution in [0.5, 0.6) is 0 Å². The first-order chi connectivity index (χ1) is 11.8. The molecule has 2 rings (SSSR count). The minimum atomic E-state index is 1.08. The predicted molar refractivity (Wildman–Crippen MR) is 108 cm³/mol. The molecule has 0 heterocycles. The van der Waals surface area contributed by atoms with E-state index in [0.717, 1.165) is 12.8 Å². The standard InChI is InChI=1S/C24H32/c1-4-7-8-9-10-11-17-22-21(6-3)16-14-19-24(22)23-18-13-12-15-20(23)5-2/h11-19H,4-10H2,1-3H3/b17-11+. The lowest BCUT2D eigenvalue weighted by molar-refractivity contribution is 0.675. The Morgan fingerprint density at radius 2 is 1.42 bits per heavy atom. The average molecular weight is 321 g/mol. The van der Waals surface area contributed by atoms with Crippen molar-refractivity contribution in [2.75, 3.05) is 0 Å². The van der Waals surface area contributed by atoms with Crippen molar-refractivity contribution in [2.45, 2.75) is 65.7 Å². The number of hydrogen-bond acceptors (Lipinski definition) is 0. The highest BCUT2D eigenvalue weighted by Crippen LogP contribution is 2.31. The molecule has 0 aromatic heterocycles. The quantitative estimate of drug-likeness (QED) is 0.420. The van der Waals surface area contributed by atoms with Crippen molar-refractivity contribution < 1.29 is 0 Å². The fourth-order valence-electron chi connectivity index (χ4n) is 3.33. The molecule has 0 heteroatoms. The van der Waals surface area contributed by atoms with Gasteiger partial charge in [-0.05, 0) is 53.5 Å². The Kier molecular flexibility index (Phi) is 7.82. The number of hydrogen-bond donors (Lipinski definition) is 0. The van der Waals surface area contributed by atoms with Crippen LogP contribution in [0.1, 0.15) is 69.6 Å². The molecule has 0 spiro atoms. The van der Waals surface area contributed by atoms with Crippen molar-refractivity contribution >= 4 is 6.08 Å². The minimum Gasteiger partial charge on any atom is -0.0839 e. The summed E-state index contributed by atoms with van der Waals surface area (Å²) in [6.45, 7) is 6.76. The maximum absolute atomic E-state index is 2.38. The lowest BCUT2D eigenvalue weighted by Gasteiger charge is -2.14. The zero-order valence-electron chi connectivity index (χ0n) is 15.6. The van der Waals surface area contributed by atoms with Crippen LogP contribution in [0.25, 0.3) is 17.2 Å². The van der Waals surface area contributed by atoms with Gasteiger partial charge in [0.15, 0.2) is 0 Å². The van der Waals surface area contributed by atoms with Gasteiger partial charge in [0.25, 0.3) is 0 Å². The lowest BCUT2D eigenvalue weighted by atomic mass is 9.90. The summed E-state index contributed by atoms with van der Waals surface area (Å²) in [6.07, 6.45) is 13.4. The first-order valence-corrected chi connectivity index (χ1v) is 9.68. The topological polar surface area (TPSA) is 0 Å². The third-order valence-corrected chi connectivity index (χ3v) is 4.77. The molecule has 0 aliphatic heterocycles. The molecule has 0 amide bonds. The number of unbranched alkanes of at least 4 members (excludes halogenated alkanes) is 4. The molecule has 0 nitrogen and oxygen atoms in total. The first-order valence-electron chi connectivity index (χ1n) is 9.68.